The maximum Gasteiger partial charge on any atom is 0.322 e. The van der Waals surface area contributed by atoms with E-state index in [1.807, 2.05) is 21.8 Å². The third-order valence-electron chi connectivity index (χ3n) is 4.09. The molecule has 1 saturated heterocycles. The lowest BCUT2D eigenvalue weighted by atomic mass is 10.0. The molecule has 0 aliphatic carbocycles. The molecule has 118 valence electrons. The van der Waals surface area contributed by atoms with Crippen LogP contribution < -0.4 is 5.32 Å². The Morgan fingerprint density at radius 2 is 2.30 bits per heavy atom. The average molecular weight is 309 g/mol. The molecule has 0 bridgehead atoms. The Kier molecular flexibility index (Phi) is 4.57. The molecular weight excluding hydrogens is 290 g/mol. The molecule has 2 heterocycles. The highest BCUT2D eigenvalue weighted by molar-refractivity contribution is 5.89. The Morgan fingerprint density at radius 3 is 3.09 bits per heavy atom. The number of carbonyl (C=O) groups excluding carboxylic acids is 1. The van der Waals surface area contributed by atoms with Crippen molar-refractivity contribution in [2.45, 2.75) is 31.8 Å². The SMILES string of the molecule is N#Cc1cccc(NC(=O)N2CCCCC2Cn2cccn2)c1. The summed E-state index contributed by atoms with van der Waals surface area (Å²) in [5, 5.41) is 16.1. The lowest BCUT2D eigenvalue weighted by Crippen LogP contribution is -2.47. The summed E-state index contributed by atoms with van der Waals surface area (Å²) in [4.78, 5) is 14.5. The van der Waals surface area contributed by atoms with Gasteiger partial charge in [0.05, 0.1) is 24.2 Å². The van der Waals surface area contributed by atoms with E-state index in [4.69, 9.17) is 5.26 Å². The van der Waals surface area contributed by atoms with E-state index in [0.717, 1.165) is 25.8 Å². The largest absolute Gasteiger partial charge is 0.322 e. The molecule has 1 atom stereocenters. The van der Waals surface area contributed by atoms with Crippen LogP contribution in [0.15, 0.2) is 42.7 Å². The summed E-state index contributed by atoms with van der Waals surface area (Å²) in [5.74, 6) is 0. The van der Waals surface area contributed by atoms with Gasteiger partial charge in [0.25, 0.3) is 0 Å². The van der Waals surface area contributed by atoms with E-state index >= 15 is 0 Å². The lowest BCUT2D eigenvalue weighted by molar-refractivity contribution is 0.150. The highest BCUT2D eigenvalue weighted by Crippen LogP contribution is 2.20. The molecule has 3 rings (SSSR count). The van der Waals surface area contributed by atoms with Crippen molar-refractivity contribution in [1.29, 1.82) is 5.26 Å². The Morgan fingerprint density at radius 1 is 1.39 bits per heavy atom. The van der Waals surface area contributed by atoms with Gasteiger partial charge in [-0.25, -0.2) is 4.79 Å². The first-order chi connectivity index (χ1) is 11.3. The summed E-state index contributed by atoms with van der Waals surface area (Å²) in [5.41, 5.74) is 1.19. The van der Waals surface area contributed by atoms with Crippen LogP contribution in [0.4, 0.5) is 10.5 Å². The van der Waals surface area contributed by atoms with E-state index in [-0.39, 0.29) is 12.1 Å². The second-order valence-corrected chi connectivity index (χ2v) is 5.69. The van der Waals surface area contributed by atoms with Gasteiger partial charge in [0, 0.05) is 24.6 Å². The van der Waals surface area contributed by atoms with Crippen molar-refractivity contribution in [3.8, 4) is 6.07 Å². The summed E-state index contributed by atoms with van der Waals surface area (Å²) < 4.78 is 1.87. The number of piperidine rings is 1. The highest BCUT2D eigenvalue weighted by atomic mass is 16.2. The van der Waals surface area contributed by atoms with Crippen LogP contribution in [0.3, 0.4) is 0 Å². The van der Waals surface area contributed by atoms with Gasteiger partial charge in [-0.05, 0) is 43.5 Å². The normalized spacial score (nSPS) is 17.5. The molecular formula is C17H19N5O. The Bertz CT molecular complexity index is 704. The number of rotatable bonds is 3. The number of urea groups is 1. The van der Waals surface area contributed by atoms with Crippen molar-refractivity contribution in [3.05, 3.63) is 48.3 Å². The molecule has 2 aromatic rings. The van der Waals surface area contributed by atoms with E-state index < -0.39 is 0 Å². The Hall–Kier alpha value is -2.81. The summed E-state index contributed by atoms with van der Waals surface area (Å²) in [6, 6.07) is 11.0. The highest BCUT2D eigenvalue weighted by Gasteiger charge is 2.27. The van der Waals surface area contributed by atoms with E-state index in [1.165, 1.54) is 0 Å². The Labute approximate surface area is 135 Å². The quantitative estimate of drug-likeness (QED) is 0.947. The van der Waals surface area contributed by atoms with Gasteiger partial charge in [0.15, 0.2) is 0 Å². The van der Waals surface area contributed by atoms with Crippen LogP contribution in [-0.2, 0) is 6.54 Å². The van der Waals surface area contributed by atoms with Crippen LogP contribution >= 0.6 is 0 Å². The minimum absolute atomic E-state index is 0.114. The van der Waals surface area contributed by atoms with Crippen molar-refractivity contribution in [3.63, 3.8) is 0 Å². The first-order valence-corrected chi connectivity index (χ1v) is 7.81. The van der Waals surface area contributed by atoms with Gasteiger partial charge in [-0.1, -0.05) is 6.07 Å². The predicted octanol–water partition coefficient (Wildman–Crippen LogP) is 2.84. The van der Waals surface area contributed by atoms with Crippen molar-refractivity contribution in [2.75, 3.05) is 11.9 Å². The molecule has 6 nitrogen and oxygen atoms in total. The third-order valence-corrected chi connectivity index (χ3v) is 4.09. The summed E-state index contributed by atoms with van der Waals surface area (Å²) in [6.07, 6.45) is 6.79. The van der Waals surface area contributed by atoms with Gasteiger partial charge in [0.1, 0.15) is 0 Å². The van der Waals surface area contributed by atoms with Crippen LogP contribution in [0.5, 0.6) is 0 Å². The first kappa shape index (κ1) is 15.1. The van der Waals surface area contributed by atoms with Crippen molar-refractivity contribution >= 4 is 11.7 Å². The van der Waals surface area contributed by atoms with Crippen LogP contribution in [0.1, 0.15) is 24.8 Å². The molecule has 1 aliphatic rings. The topological polar surface area (TPSA) is 74.0 Å². The number of carbonyl (C=O) groups is 1. The second kappa shape index (κ2) is 6.97. The number of hydrogen-bond donors (Lipinski definition) is 1. The number of nitrogens with one attached hydrogen (secondary N) is 1. The minimum Gasteiger partial charge on any atom is -0.320 e. The van der Waals surface area contributed by atoms with E-state index in [9.17, 15) is 4.79 Å². The maximum absolute atomic E-state index is 12.6. The van der Waals surface area contributed by atoms with E-state index in [2.05, 4.69) is 16.5 Å². The number of aromatic nitrogens is 2. The molecule has 23 heavy (non-hydrogen) atoms. The molecule has 1 unspecified atom stereocenters. The number of nitrogens with zero attached hydrogens (tertiary/aromatic N) is 4. The Balaban J connectivity index is 1.69. The lowest BCUT2D eigenvalue weighted by Gasteiger charge is -2.35. The van der Waals surface area contributed by atoms with Crippen molar-refractivity contribution in [1.82, 2.24) is 14.7 Å². The monoisotopic (exact) mass is 309 g/mol. The molecule has 6 heteroatoms. The summed E-state index contributed by atoms with van der Waals surface area (Å²) in [6.45, 7) is 1.45. The van der Waals surface area contributed by atoms with Gasteiger partial charge in [0.2, 0.25) is 0 Å². The van der Waals surface area contributed by atoms with Crippen LogP contribution in [0.2, 0.25) is 0 Å². The molecule has 1 N–H and O–H groups in total. The summed E-state index contributed by atoms with van der Waals surface area (Å²) in [7, 11) is 0. The number of amides is 2. The maximum atomic E-state index is 12.6. The number of anilines is 1. The van der Waals surface area contributed by atoms with E-state index in [1.54, 1.807) is 30.5 Å². The number of benzene rings is 1. The molecule has 2 amide bonds. The molecule has 0 radical (unpaired) electrons. The fraction of sp³-hybridized carbons (Fsp3) is 0.353. The fourth-order valence-corrected chi connectivity index (χ4v) is 2.94. The zero-order valence-corrected chi connectivity index (χ0v) is 12.9. The van der Waals surface area contributed by atoms with Gasteiger partial charge in [-0.15, -0.1) is 0 Å². The third kappa shape index (κ3) is 3.69. The smallest absolute Gasteiger partial charge is 0.320 e. The van der Waals surface area contributed by atoms with Crippen LogP contribution in [0, 0.1) is 11.3 Å². The number of hydrogen-bond acceptors (Lipinski definition) is 3. The molecule has 0 saturated carbocycles. The van der Waals surface area contributed by atoms with Gasteiger partial charge in [-0.3, -0.25) is 4.68 Å². The van der Waals surface area contributed by atoms with Crippen LogP contribution in [-0.4, -0.2) is 33.3 Å². The molecule has 1 aliphatic heterocycles. The number of nitriles is 1. The standard InChI is InChI=1S/C17H19N5O/c18-12-14-5-3-6-15(11-14)20-17(23)22-10-2-1-7-16(22)13-21-9-4-8-19-21/h3-6,8-9,11,16H,1-2,7,10,13H2,(H,20,23). The van der Waals surface area contributed by atoms with Gasteiger partial charge in [-0.2, -0.15) is 10.4 Å². The molecule has 1 aromatic carbocycles. The predicted molar refractivity (Wildman–Crippen MR) is 86.7 cm³/mol. The molecule has 1 aromatic heterocycles. The van der Waals surface area contributed by atoms with Crippen molar-refractivity contribution in [2.24, 2.45) is 0 Å². The zero-order valence-electron chi connectivity index (χ0n) is 12.9. The first-order valence-electron chi connectivity index (χ1n) is 7.81. The number of likely N-dealkylation sites (tertiary alicyclic amines) is 1. The zero-order chi connectivity index (χ0) is 16.1. The average Bonchev–Trinajstić information content (AvgIpc) is 3.08. The van der Waals surface area contributed by atoms with Gasteiger partial charge < -0.3 is 10.2 Å². The van der Waals surface area contributed by atoms with Crippen molar-refractivity contribution < 1.29 is 4.79 Å². The minimum atomic E-state index is -0.114. The second-order valence-electron chi connectivity index (χ2n) is 5.69. The molecule has 1 fully saturated rings. The van der Waals surface area contributed by atoms with E-state index in [0.29, 0.717) is 17.8 Å². The fourth-order valence-electron chi connectivity index (χ4n) is 2.94. The summed E-state index contributed by atoms with van der Waals surface area (Å²) >= 11 is 0. The molecule has 0 spiro atoms. The van der Waals surface area contributed by atoms with Gasteiger partial charge >= 0.3 is 6.03 Å². The van der Waals surface area contributed by atoms with Crippen LogP contribution in [0.25, 0.3) is 0 Å².